The Morgan fingerprint density at radius 2 is 2.29 bits per heavy atom. The molecule has 0 atom stereocenters. The SMILES string of the molecule is Cc1ccc(CC(=O)NCC2(O)CCC2)cn1. The molecule has 4 nitrogen and oxygen atoms in total. The zero-order chi connectivity index (χ0) is 12.3. The largest absolute Gasteiger partial charge is 0.388 e. The first-order valence-corrected chi connectivity index (χ1v) is 5.98. The maximum absolute atomic E-state index is 11.6. The number of nitrogens with zero attached hydrogens (tertiary/aromatic N) is 1. The Bertz CT molecular complexity index is 396. The van der Waals surface area contributed by atoms with E-state index in [0.717, 1.165) is 30.5 Å². The summed E-state index contributed by atoms with van der Waals surface area (Å²) in [5.41, 5.74) is 1.19. The maximum atomic E-state index is 11.6. The monoisotopic (exact) mass is 234 g/mol. The molecule has 0 aliphatic heterocycles. The highest BCUT2D eigenvalue weighted by atomic mass is 16.3. The van der Waals surface area contributed by atoms with Crippen LogP contribution in [-0.2, 0) is 11.2 Å². The zero-order valence-electron chi connectivity index (χ0n) is 10.1. The van der Waals surface area contributed by atoms with Crippen LogP contribution in [0.5, 0.6) is 0 Å². The van der Waals surface area contributed by atoms with Gasteiger partial charge in [0.2, 0.25) is 5.91 Å². The van der Waals surface area contributed by atoms with E-state index in [2.05, 4.69) is 10.3 Å². The predicted molar refractivity (Wildman–Crippen MR) is 64.5 cm³/mol. The van der Waals surface area contributed by atoms with Gasteiger partial charge < -0.3 is 10.4 Å². The Labute approximate surface area is 101 Å². The summed E-state index contributed by atoms with van der Waals surface area (Å²) in [6, 6.07) is 3.79. The third-order valence-electron chi connectivity index (χ3n) is 3.24. The minimum absolute atomic E-state index is 0.0593. The van der Waals surface area contributed by atoms with Gasteiger partial charge in [-0.05, 0) is 37.8 Å². The summed E-state index contributed by atoms with van der Waals surface area (Å²) in [5, 5.41) is 12.6. The van der Waals surface area contributed by atoms with Crippen molar-refractivity contribution in [2.45, 2.75) is 38.2 Å². The average molecular weight is 234 g/mol. The van der Waals surface area contributed by atoms with Crippen molar-refractivity contribution in [3.63, 3.8) is 0 Å². The van der Waals surface area contributed by atoms with E-state index in [9.17, 15) is 9.90 Å². The van der Waals surface area contributed by atoms with Gasteiger partial charge in [0.1, 0.15) is 0 Å². The molecule has 1 aliphatic rings. The van der Waals surface area contributed by atoms with Crippen LogP contribution in [0.15, 0.2) is 18.3 Å². The van der Waals surface area contributed by atoms with Crippen molar-refractivity contribution in [1.29, 1.82) is 0 Å². The predicted octanol–water partition coefficient (Wildman–Crippen LogP) is 0.964. The first-order chi connectivity index (χ1) is 8.07. The van der Waals surface area contributed by atoms with E-state index in [-0.39, 0.29) is 5.91 Å². The third kappa shape index (κ3) is 3.27. The van der Waals surface area contributed by atoms with Crippen LogP contribution in [0.4, 0.5) is 0 Å². The molecule has 0 radical (unpaired) electrons. The number of hydrogen-bond acceptors (Lipinski definition) is 3. The normalized spacial score (nSPS) is 17.3. The summed E-state index contributed by atoms with van der Waals surface area (Å²) in [4.78, 5) is 15.8. The lowest BCUT2D eigenvalue weighted by atomic mass is 9.80. The van der Waals surface area contributed by atoms with Gasteiger partial charge in [-0.1, -0.05) is 6.07 Å². The lowest BCUT2D eigenvalue weighted by Crippen LogP contribution is -2.48. The molecule has 0 unspecified atom stereocenters. The van der Waals surface area contributed by atoms with Crippen LogP contribution < -0.4 is 5.32 Å². The summed E-state index contributed by atoms with van der Waals surface area (Å²) in [5.74, 6) is -0.0593. The first kappa shape index (κ1) is 12.0. The average Bonchev–Trinajstić information content (AvgIpc) is 2.27. The molecular weight excluding hydrogens is 216 g/mol. The van der Waals surface area contributed by atoms with Gasteiger partial charge in [0.25, 0.3) is 0 Å². The number of nitrogens with one attached hydrogen (secondary N) is 1. The van der Waals surface area contributed by atoms with Crippen molar-refractivity contribution in [2.24, 2.45) is 0 Å². The summed E-state index contributed by atoms with van der Waals surface area (Å²) in [6.07, 6.45) is 4.67. The summed E-state index contributed by atoms with van der Waals surface area (Å²) < 4.78 is 0. The molecule has 4 heteroatoms. The number of hydrogen-bond donors (Lipinski definition) is 2. The van der Waals surface area contributed by atoms with Crippen molar-refractivity contribution in [2.75, 3.05) is 6.54 Å². The Morgan fingerprint density at radius 3 is 2.82 bits per heavy atom. The van der Waals surface area contributed by atoms with E-state index < -0.39 is 5.60 Å². The van der Waals surface area contributed by atoms with Crippen LogP contribution in [0.25, 0.3) is 0 Å². The van der Waals surface area contributed by atoms with Crippen molar-refractivity contribution in [3.8, 4) is 0 Å². The summed E-state index contributed by atoms with van der Waals surface area (Å²) in [6.45, 7) is 2.28. The molecule has 2 N–H and O–H groups in total. The molecule has 0 aromatic carbocycles. The molecule has 1 amide bonds. The fraction of sp³-hybridized carbons (Fsp3) is 0.538. The van der Waals surface area contributed by atoms with Crippen LogP contribution in [0.1, 0.15) is 30.5 Å². The lowest BCUT2D eigenvalue weighted by molar-refractivity contribution is -0.122. The number of aliphatic hydroxyl groups is 1. The molecule has 1 aliphatic carbocycles. The van der Waals surface area contributed by atoms with Gasteiger partial charge >= 0.3 is 0 Å². The lowest BCUT2D eigenvalue weighted by Gasteiger charge is -2.36. The minimum Gasteiger partial charge on any atom is -0.388 e. The second kappa shape index (κ2) is 4.84. The molecular formula is C13H18N2O2. The highest BCUT2D eigenvalue weighted by Crippen LogP contribution is 2.30. The summed E-state index contributed by atoms with van der Waals surface area (Å²) in [7, 11) is 0. The fourth-order valence-electron chi connectivity index (χ4n) is 1.88. The number of carbonyl (C=O) groups excluding carboxylic acids is 1. The quantitative estimate of drug-likeness (QED) is 0.815. The van der Waals surface area contributed by atoms with Crippen LogP contribution >= 0.6 is 0 Å². The molecule has 0 spiro atoms. The molecule has 0 bridgehead atoms. The Kier molecular flexibility index (Phi) is 3.43. The van der Waals surface area contributed by atoms with Crippen molar-refractivity contribution in [3.05, 3.63) is 29.6 Å². The van der Waals surface area contributed by atoms with Crippen LogP contribution in [0.2, 0.25) is 0 Å². The highest BCUT2D eigenvalue weighted by Gasteiger charge is 2.34. The van der Waals surface area contributed by atoms with Gasteiger partial charge in [-0.15, -0.1) is 0 Å². The van der Waals surface area contributed by atoms with E-state index in [1.807, 2.05) is 19.1 Å². The van der Waals surface area contributed by atoms with Gasteiger partial charge in [-0.2, -0.15) is 0 Å². The molecule has 1 aromatic heterocycles. The second-order valence-electron chi connectivity index (χ2n) is 4.84. The number of aromatic nitrogens is 1. The third-order valence-corrected chi connectivity index (χ3v) is 3.24. The number of aryl methyl sites for hydroxylation is 1. The van der Waals surface area contributed by atoms with E-state index in [1.165, 1.54) is 0 Å². The molecule has 0 saturated heterocycles. The van der Waals surface area contributed by atoms with Gasteiger partial charge in [0.05, 0.1) is 12.0 Å². The van der Waals surface area contributed by atoms with E-state index >= 15 is 0 Å². The van der Waals surface area contributed by atoms with Crippen LogP contribution in [0, 0.1) is 6.92 Å². The highest BCUT2D eigenvalue weighted by molar-refractivity contribution is 5.78. The topological polar surface area (TPSA) is 62.2 Å². The number of rotatable bonds is 4. The Morgan fingerprint density at radius 1 is 1.53 bits per heavy atom. The van der Waals surface area contributed by atoms with Crippen molar-refractivity contribution >= 4 is 5.91 Å². The molecule has 1 fully saturated rings. The number of amides is 1. The fourth-order valence-corrected chi connectivity index (χ4v) is 1.88. The molecule has 1 heterocycles. The Balaban J connectivity index is 1.79. The van der Waals surface area contributed by atoms with Gasteiger partial charge in [0.15, 0.2) is 0 Å². The van der Waals surface area contributed by atoms with Gasteiger partial charge in [-0.3, -0.25) is 9.78 Å². The second-order valence-corrected chi connectivity index (χ2v) is 4.84. The molecule has 92 valence electrons. The summed E-state index contributed by atoms with van der Waals surface area (Å²) >= 11 is 0. The van der Waals surface area contributed by atoms with Gasteiger partial charge in [0, 0.05) is 18.4 Å². The zero-order valence-corrected chi connectivity index (χ0v) is 10.1. The first-order valence-electron chi connectivity index (χ1n) is 5.98. The maximum Gasteiger partial charge on any atom is 0.224 e. The van der Waals surface area contributed by atoms with E-state index in [1.54, 1.807) is 6.20 Å². The number of pyridine rings is 1. The minimum atomic E-state index is -0.652. The standard InChI is InChI=1S/C13H18N2O2/c1-10-3-4-11(8-14-10)7-12(16)15-9-13(17)5-2-6-13/h3-4,8,17H,2,5-7,9H2,1H3,(H,15,16). The smallest absolute Gasteiger partial charge is 0.224 e. The molecule has 1 saturated carbocycles. The van der Waals surface area contributed by atoms with Gasteiger partial charge in [-0.25, -0.2) is 0 Å². The molecule has 2 rings (SSSR count). The van der Waals surface area contributed by atoms with Crippen LogP contribution in [0.3, 0.4) is 0 Å². The van der Waals surface area contributed by atoms with Crippen molar-refractivity contribution < 1.29 is 9.90 Å². The van der Waals surface area contributed by atoms with Crippen LogP contribution in [-0.4, -0.2) is 28.1 Å². The molecule has 1 aromatic rings. The molecule has 17 heavy (non-hydrogen) atoms. The number of carbonyl (C=O) groups is 1. The van der Waals surface area contributed by atoms with Crippen molar-refractivity contribution in [1.82, 2.24) is 10.3 Å². The Hall–Kier alpha value is -1.42. The van der Waals surface area contributed by atoms with E-state index in [0.29, 0.717) is 13.0 Å². The van der Waals surface area contributed by atoms with E-state index in [4.69, 9.17) is 0 Å².